The van der Waals surface area contributed by atoms with Gasteiger partial charge in [0.2, 0.25) is 0 Å². The SMILES string of the molecule is O=C(O)c1ccc(-c2nc3cc4nc(-c5ccc(C(=O)O)cc5)[nH]c4cc3[nH]2)cc1. The van der Waals surface area contributed by atoms with Gasteiger partial charge >= 0.3 is 11.9 Å². The second-order valence-corrected chi connectivity index (χ2v) is 6.82. The summed E-state index contributed by atoms with van der Waals surface area (Å²) in [4.78, 5) is 37.7. The van der Waals surface area contributed by atoms with Crippen LogP contribution in [-0.4, -0.2) is 42.1 Å². The normalized spacial score (nSPS) is 11.2. The van der Waals surface area contributed by atoms with E-state index in [1.54, 1.807) is 48.5 Å². The summed E-state index contributed by atoms with van der Waals surface area (Å²) in [6, 6.07) is 16.8. The van der Waals surface area contributed by atoms with E-state index in [0.29, 0.717) is 11.6 Å². The minimum atomic E-state index is -0.972. The van der Waals surface area contributed by atoms with E-state index in [0.717, 1.165) is 33.2 Å². The molecule has 0 bridgehead atoms. The van der Waals surface area contributed by atoms with Crippen molar-refractivity contribution in [3.8, 4) is 22.8 Å². The Morgan fingerprint density at radius 2 is 1.03 bits per heavy atom. The Bertz CT molecular complexity index is 1270. The Labute approximate surface area is 168 Å². The lowest BCUT2D eigenvalue weighted by atomic mass is 10.1. The number of nitrogens with zero attached hydrogens (tertiary/aromatic N) is 2. The van der Waals surface area contributed by atoms with E-state index in [-0.39, 0.29) is 11.1 Å². The van der Waals surface area contributed by atoms with E-state index in [1.807, 2.05) is 12.1 Å². The molecule has 0 atom stereocenters. The Hall–Kier alpha value is -4.46. The Morgan fingerprint density at radius 3 is 1.40 bits per heavy atom. The minimum Gasteiger partial charge on any atom is -0.478 e. The molecule has 5 rings (SSSR count). The first-order valence-corrected chi connectivity index (χ1v) is 9.05. The lowest BCUT2D eigenvalue weighted by Crippen LogP contribution is -1.95. The highest BCUT2D eigenvalue weighted by Gasteiger charge is 2.12. The van der Waals surface area contributed by atoms with E-state index in [4.69, 9.17) is 10.2 Å². The quantitative estimate of drug-likeness (QED) is 0.359. The minimum absolute atomic E-state index is 0.219. The summed E-state index contributed by atoms with van der Waals surface area (Å²) >= 11 is 0. The zero-order chi connectivity index (χ0) is 20.8. The Balaban J connectivity index is 1.51. The van der Waals surface area contributed by atoms with Crippen LogP contribution < -0.4 is 0 Å². The number of rotatable bonds is 4. The maximum Gasteiger partial charge on any atom is 0.335 e. The summed E-state index contributed by atoms with van der Waals surface area (Å²) in [5.41, 5.74) is 5.11. The first kappa shape index (κ1) is 17.6. The molecule has 30 heavy (non-hydrogen) atoms. The van der Waals surface area contributed by atoms with Crippen molar-refractivity contribution in [1.82, 2.24) is 19.9 Å². The zero-order valence-corrected chi connectivity index (χ0v) is 15.4. The summed E-state index contributed by atoms with van der Waals surface area (Å²) in [6.45, 7) is 0. The number of H-pyrrole nitrogens is 2. The molecule has 0 spiro atoms. The molecule has 0 aliphatic carbocycles. The maximum absolute atomic E-state index is 11.0. The average molecular weight is 398 g/mol. The molecule has 146 valence electrons. The molecule has 8 heteroatoms. The molecule has 2 aromatic heterocycles. The third-order valence-electron chi connectivity index (χ3n) is 4.90. The summed E-state index contributed by atoms with van der Waals surface area (Å²) in [6.07, 6.45) is 0. The van der Waals surface area contributed by atoms with Crippen LogP contribution in [0.5, 0.6) is 0 Å². The molecule has 3 aromatic carbocycles. The van der Waals surface area contributed by atoms with Crippen molar-refractivity contribution in [3.05, 3.63) is 71.8 Å². The molecule has 0 saturated carbocycles. The fourth-order valence-electron chi connectivity index (χ4n) is 3.33. The number of aromatic carboxylic acids is 2. The monoisotopic (exact) mass is 398 g/mol. The van der Waals surface area contributed by atoms with Gasteiger partial charge in [-0.25, -0.2) is 19.6 Å². The van der Waals surface area contributed by atoms with Crippen molar-refractivity contribution in [2.75, 3.05) is 0 Å². The number of aromatic amines is 2. The first-order valence-electron chi connectivity index (χ1n) is 9.05. The first-order chi connectivity index (χ1) is 14.5. The molecule has 0 fully saturated rings. The number of hydrogen-bond donors (Lipinski definition) is 4. The number of carboxylic acid groups (broad SMARTS) is 2. The standard InChI is InChI=1S/C22H14N4O4/c27-21(28)13-5-1-11(2-6-13)19-23-15-9-17-18(10-16(15)24-19)26-20(25-17)12-3-7-14(8-4-12)22(29)30/h1-10H,(H,23,24)(H,25,26)(H,27,28)(H,29,30). The lowest BCUT2D eigenvalue weighted by Gasteiger charge is -1.97. The molecule has 0 saturated heterocycles. The van der Waals surface area contributed by atoms with Gasteiger partial charge in [0.05, 0.1) is 33.2 Å². The summed E-state index contributed by atoms with van der Waals surface area (Å²) in [5, 5.41) is 18.1. The van der Waals surface area contributed by atoms with Gasteiger partial charge in [-0.1, -0.05) is 24.3 Å². The molecule has 0 unspecified atom stereocenters. The topological polar surface area (TPSA) is 132 Å². The van der Waals surface area contributed by atoms with Crippen molar-refractivity contribution in [2.45, 2.75) is 0 Å². The van der Waals surface area contributed by atoms with Gasteiger partial charge in [-0.2, -0.15) is 0 Å². The number of imidazole rings is 2. The van der Waals surface area contributed by atoms with Gasteiger partial charge in [-0.3, -0.25) is 0 Å². The number of carboxylic acids is 2. The molecule has 8 nitrogen and oxygen atoms in total. The summed E-state index contributed by atoms with van der Waals surface area (Å²) in [7, 11) is 0. The van der Waals surface area contributed by atoms with Gasteiger partial charge in [-0.05, 0) is 36.4 Å². The van der Waals surface area contributed by atoms with Gasteiger partial charge in [0.1, 0.15) is 11.6 Å². The van der Waals surface area contributed by atoms with Gasteiger partial charge < -0.3 is 20.2 Å². The van der Waals surface area contributed by atoms with E-state index in [1.165, 1.54) is 0 Å². The van der Waals surface area contributed by atoms with Crippen molar-refractivity contribution < 1.29 is 19.8 Å². The van der Waals surface area contributed by atoms with Crippen molar-refractivity contribution in [3.63, 3.8) is 0 Å². The third kappa shape index (κ3) is 2.96. The van der Waals surface area contributed by atoms with Crippen LogP contribution in [0.25, 0.3) is 44.8 Å². The highest BCUT2D eigenvalue weighted by atomic mass is 16.4. The number of fused-ring (bicyclic) bond motifs is 2. The van der Waals surface area contributed by atoms with Crippen LogP contribution in [0.1, 0.15) is 20.7 Å². The molecular weight excluding hydrogens is 384 g/mol. The molecule has 0 aliphatic rings. The molecule has 5 aromatic rings. The Kier molecular flexibility index (Phi) is 3.85. The van der Waals surface area contributed by atoms with Crippen LogP contribution in [-0.2, 0) is 0 Å². The molecule has 0 aliphatic heterocycles. The molecule has 0 amide bonds. The van der Waals surface area contributed by atoms with Crippen LogP contribution in [0, 0.1) is 0 Å². The van der Waals surface area contributed by atoms with Gasteiger partial charge in [0, 0.05) is 11.1 Å². The zero-order valence-electron chi connectivity index (χ0n) is 15.4. The molecule has 4 N–H and O–H groups in total. The smallest absolute Gasteiger partial charge is 0.335 e. The molecular formula is C22H14N4O4. The fraction of sp³-hybridized carbons (Fsp3) is 0. The van der Waals surface area contributed by atoms with Crippen molar-refractivity contribution in [1.29, 1.82) is 0 Å². The predicted octanol–water partition coefficient (Wildman–Crippen LogP) is 4.17. The van der Waals surface area contributed by atoms with E-state index in [2.05, 4.69) is 19.9 Å². The van der Waals surface area contributed by atoms with E-state index < -0.39 is 11.9 Å². The summed E-state index contributed by atoms with van der Waals surface area (Å²) < 4.78 is 0. The highest BCUT2D eigenvalue weighted by molar-refractivity contribution is 5.94. The van der Waals surface area contributed by atoms with Crippen LogP contribution >= 0.6 is 0 Å². The van der Waals surface area contributed by atoms with Crippen molar-refractivity contribution in [2.24, 2.45) is 0 Å². The number of hydrogen-bond acceptors (Lipinski definition) is 4. The van der Waals surface area contributed by atoms with Gasteiger partial charge in [-0.15, -0.1) is 0 Å². The van der Waals surface area contributed by atoms with Gasteiger partial charge in [0.15, 0.2) is 0 Å². The van der Waals surface area contributed by atoms with E-state index in [9.17, 15) is 9.59 Å². The maximum atomic E-state index is 11.0. The number of aromatic nitrogens is 4. The highest BCUT2D eigenvalue weighted by Crippen LogP contribution is 2.27. The fourth-order valence-corrected chi connectivity index (χ4v) is 3.33. The second kappa shape index (κ2) is 6.56. The van der Waals surface area contributed by atoms with Crippen LogP contribution in [0.15, 0.2) is 60.7 Å². The number of carbonyl (C=O) groups is 2. The predicted molar refractivity (Wildman–Crippen MR) is 111 cm³/mol. The molecule has 2 heterocycles. The van der Waals surface area contributed by atoms with Crippen molar-refractivity contribution >= 4 is 34.0 Å². The van der Waals surface area contributed by atoms with Crippen LogP contribution in [0.4, 0.5) is 0 Å². The second-order valence-electron chi connectivity index (χ2n) is 6.82. The number of nitrogens with one attached hydrogen (secondary N) is 2. The third-order valence-corrected chi connectivity index (χ3v) is 4.90. The van der Waals surface area contributed by atoms with E-state index >= 15 is 0 Å². The Morgan fingerprint density at radius 1 is 0.633 bits per heavy atom. The largest absolute Gasteiger partial charge is 0.478 e. The van der Waals surface area contributed by atoms with Crippen LogP contribution in [0.3, 0.4) is 0 Å². The average Bonchev–Trinajstić information content (AvgIpc) is 3.35. The molecule has 0 radical (unpaired) electrons. The van der Waals surface area contributed by atoms with Crippen LogP contribution in [0.2, 0.25) is 0 Å². The van der Waals surface area contributed by atoms with Gasteiger partial charge in [0.25, 0.3) is 0 Å². The number of benzene rings is 3. The summed E-state index contributed by atoms with van der Waals surface area (Å²) in [5.74, 6) is -0.669. The lowest BCUT2D eigenvalue weighted by molar-refractivity contribution is 0.0686.